The molecule has 0 atom stereocenters. The molecule has 1 aliphatic heterocycles. The van der Waals surface area contributed by atoms with Crippen LogP contribution in [-0.2, 0) is 0 Å². The van der Waals surface area contributed by atoms with Gasteiger partial charge in [-0.1, -0.05) is 12.1 Å². The summed E-state index contributed by atoms with van der Waals surface area (Å²) in [5, 5.41) is 7.08. The molecule has 8 heteroatoms. The van der Waals surface area contributed by atoms with Gasteiger partial charge in [0.1, 0.15) is 0 Å². The van der Waals surface area contributed by atoms with Gasteiger partial charge in [0.05, 0.1) is 16.6 Å². The summed E-state index contributed by atoms with van der Waals surface area (Å²) in [6.45, 7) is 1.83. The minimum absolute atomic E-state index is 0.269. The van der Waals surface area contributed by atoms with E-state index in [1.54, 1.807) is 29.2 Å². The molecule has 0 bridgehead atoms. The molecule has 1 saturated heterocycles. The van der Waals surface area contributed by atoms with Gasteiger partial charge in [-0.05, 0) is 43.2 Å². The Bertz CT molecular complexity index is 1150. The number of hydrogen-bond acceptors (Lipinski definition) is 6. The van der Waals surface area contributed by atoms with E-state index in [1.165, 1.54) is 6.20 Å². The van der Waals surface area contributed by atoms with Crippen molar-refractivity contribution >= 4 is 28.6 Å². The number of carbonyl (C=O) groups is 1. The zero-order chi connectivity index (χ0) is 19.6. The molecule has 8 nitrogen and oxygen atoms in total. The van der Waals surface area contributed by atoms with Crippen LogP contribution in [-0.4, -0.2) is 43.7 Å². The standard InChI is InChI=1S/C21H19N7O/c29-21(15-8-9-18(22-14-15)28-13-5-10-23-28)26-19-20(27-11-3-4-12-27)25-17-7-2-1-6-16(17)24-19/h1-2,5-10,13-14H,3-4,11-12H2,(H,24,26,29). The molecule has 1 amide bonds. The summed E-state index contributed by atoms with van der Waals surface area (Å²) in [7, 11) is 0. The zero-order valence-corrected chi connectivity index (χ0v) is 15.7. The summed E-state index contributed by atoms with van der Waals surface area (Å²) in [6.07, 6.45) is 7.24. The van der Waals surface area contributed by atoms with E-state index < -0.39 is 0 Å². The summed E-state index contributed by atoms with van der Waals surface area (Å²) < 4.78 is 1.64. The molecular formula is C21H19N7O. The lowest BCUT2D eigenvalue weighted by atomic mass is 10.2. The van der Waals surface area contributed by atoms with Gasteiger partial charge in [-0.2, -0.15) is 5.10 Å². The summed E-state index contributed by atoms with van der Waals surface area (Å²) in [6, 6.07) is 13.0. The molecule has 5 rings (SSSR count). The number of nitrogens with one attached hydrogen (secondary N) is 1. The summed E-state index contributed by atoms with van der Waals surface area (Å²) in [5.41, 5.74) is 2.01. The molecule has 1 fully saturated rings. The lowest BCUT2D eigenvalue weighted by molar-refractivity contribution is 0.102. The molecule has 0 spiro atoms. The molecule has 0 aliphatic carbocycles. The lowest BCUT2D eigenvalue weighted by Gasteiger charge is -2.20. The third kappa shape index (κ3) is 3.40. The number of fused-ring (bicyclic) bond motifs is 1. The van der Waals surface area contributed by atoms with Crippen LogP contribution in [0.25, 0.3) is 16.9 Å². The van der Waals surface area contributed by atoms with Crippen LogP contribution in [0.1, 0.15) is 23.2 Å². The lowest BCUT2D eigenvalue weighted by Crippen LogP contribution is -2.23. The van der Waals surface area contributed by atoms with Crippen LogP contribution < -0.4 is 10.2 Å². The molecule has 4 aromatic rings. The van der Waals surface area contributed by atoms with Crippen molar-refractivity contribution in [1.29, 1.82) is 0 Å². The van der Waals surface area contributed by atoms with E-state index in [0.717, 1.165) is 42.8 Å². The second kappa shape index (κ2) is 7.31. The molecule has 144 valence electrons. The molecule has 1 aromatic carbocycles. The molecule has 0 saturated carbocycles. The highest BCUT2D eigenvalue weighted by Gasteiger charge is 2.21. The van der Waals surface area contributed by atoms with Gasteiger partial charge in [0.25, 0.3) is 5.91 Å². The molecule has 3 aromatic heterocycles. The van der Waals surface area contributed by atoms with Crippen LogP contribution in [0.2, 0.25) is 0 Å². The number of rotatable bonds is 4. The first-order valence-electron chi connectivity index (χ1n) is 9.57. The van der Waals surface area contributed by atoms with Crippen LogP contribution in [0.5, 0.6) is 0 Å². The average Bonchev–Trinajstić information content (AvgIpc) is 3.48. The van der Waals surface area contributed by atoms with Gasteiger partial charge in [0, 0.05) is 31.7 Å². The maximum Gasteiger partial charge on any atom is 0.258 e. The smallest absolute Gasteiger partial charge is 0.258 e. The normalized spacial score (nSPS) is 13.7. The highest BCUT2D eigenvalue weighted by atomic mass is 16.1. The predicted molar refractivity (Wildman–Crippen MR) is 110 cm³/mol. The summed E-state index contributed by atoms with van der Waals surface area (Å²) >= 11 is 0. The Kier molecular flexibility index (Phi) is 4.36. The van der Waals surface area contributed by atoms with Gasteiger partial charge in [0.15, 0.2) is 17.5 Å². The number of benzene rings is 1. The highest BCUT2D eigenvalue weighted by Crippen LogP contribution is 2.28. The monoisotopic (exact) mass is 385 g/mol. The number of hydrogen-bond donors (Lipinski definition) is 1. The highest BCUT2D eigenvalue weighted by molar-refractivity contribution is 6.05. The minimum Gasteiger partial charge on any atom is -0.354 e. The van der Waals surface area contributed by atoms with E-state index in [-0.39, 0.29) is 5.91 Å². The van der Waals surface area contributed by atoms with Crippen molar-refractivity contribution < 1.29 is 4.79 Å². The largest absolute Gasteiger partial charge is 0.354 e. The van der Waals surface area contributed by atoms with Crippen molar-refractivity contribution in [3.63, 3.8) is 0 Å². The van der Waals surface area contributed by atoms with Crippen molar-refractivity contribution in [2.45, 2.75) is 12.8 Å². The number of pyridine rings is 1. The van der Waals surface area contributed by atoms with Crippen LogP contribution in [0.3, 0.4) is 0 Å². The van der Waals surface area contributed by atoms with E-state index in [0.29, 0.717) is 17.2 Å². The van der Waals surface area contributed by atoms with Gasteiger partial charge in [-0.25, -0.2) is 19.6 Å². The Morgan fingerprint density at radius 3 is 2.45 bits per heavy atom. The third-order valence-electron chi connectivity index (χ3n) is 4.94. The number of para-hydroxylation sites is 2. The van der Waals surface area contributed by atoms with Crippen LogP contribution in [0, 0.1) is 0 Å². The minimum atomic E-state index is -0.269. The fraction of sp³-hybridized carbons (Fsp3) is 0.190. The number of anilines is 2. The van der Waals surface area contributed by atoms with E-state index in [9.17, 15) is 4.79 Å². The zero-order valence-electron chi connectivity index (χ0n) is 15.7. The van der Waals surface area contributed by atoms with E-state index in [1.807, 2.05) is 30.3 Å². The van der Waals surface area contributed by atoms with Gasteiger partial charge >= 0.3 is 0 Å². The Balaban J connectivity index is 1.45. The Labute approximate surface area is 167 Å². The van der Waals surface area contributed by atoms with E-state index >= 15 is 0 Å². The number of aromatic nitrogens is 5. The van der Waals surface area contributed by atoms with Gasteiger partial charge in [0.2, 0.25) is 0 Å². The molecule has 1 aliphatic rings. The van der Waals surface area contributed by atoms with E-state index in [2.05, 4.69) is 25.3 Å². The fourth-order valence-corrected chi connectivity index (χ4v) is 3.46. The Morgan fingerprint density at radius 1 is 0.966 bits per heavy atom. The molecule has 0 unspecified atom stereocenters. The van der Waals surface area contributed by atoms with Gasteiger partial charge in [-0.3, -0.25) is 4.79 Å². The van der Waals surface area contributed by atoms with Crippen molar-refractivity contribution in [3.05, 3.63) is 66.6 Å². The molecule has 0 radical (unpaired) electrons. The summed E-state index contributed by atoms with van der Waals surface area (Å²) in [4.78, 5) is 28.8. The average molecular weight is 385 g/mol. The molecule has 29 heavy (non-hydrogen) atoms. The van der Waals surface area contributed by atoms with Crippen molar-refractivity contribution in [3.8, 4) is 5.82 Å². The van der Waals surface area contributed by atoms with Crippen molar-refractivity contribution in [2.24, 2.45) is 0 Å². The Hall–Kier alpha value is -3.81. The first-order chi connectivity index (χ1) is 14.3. The summed E-state index contributed by atoms with van der Waals surface area (Å²) in [5.74, 6) is 1.58. The number of nitrogens with zero attached hydrogens (tertiary/aromatic N) is 6. The van der Waals surface area contributed by atoms with Gasteiger partial charge in [-0.15, -0.1) is 0 Å². The van der Waals surface area contributed by atoms with Gasteiger partial charge < -0.3 is 10.2 Å². The van der Waals surface area contributed by atoms with Crippen LogP contribution in [0.15, 0.2) is 61.1 Å². The van der Waals surface area contributed by atoms with Crippen LogP contribution in [0.4, 0.5) is 11.6 Å². The molecule has 1 N–H and O–H groups in total. The van der Waals surface area contributed by atoms with E-state index in [4.69, 9.17) is 4.98 Å². The fourth-order valence-electron chi connectivity index (χ4n) is 3.46. The predicted octanol–water partition coefficient (Wildman–Crippen LogP) is 3.06. The van der Waals surface area contributed by atoms with Crippen LogP contribution >= 0.6 is 0 Å². The molecule has 4 heterocycles. The first-order valence-corrected chi connectivity index (χ1v) is 9.57. The maximum absolute atomic E-state index is 12.9. The number of amides is 1. The van der Waals surface area contributed by atoms with Crippen molar-refractivity contribution in [2.75, 3.05) is 23.3 Å². The second-order valence-corrected chi connectivity index (χ2v) is 6.89. The molecular weight excluding hydrogens is 366 g/mol. The maximum atomic E-state index is 12.9. The third-order valence-corrected chi connectivity index (χ3v) is 4.94. The first kappa shape index (κ1) is 17.3. The second-order valence-electron chi connectivity index (χ2n) is 6.89. The number of carbonyl (C=O) groups excluding carboxylic acids is 1. The Morgan fingerprint density at radius 2 is 1.76 bits per heavy atom. The quantitative estimate of drug-likeness (QED) is 0.581. The van der Waals surface area contributed by atoms with Crippen molar-refractivity contribution in [1.82, 2.24) is 24.7 Å². The topological polar surface area (TPSA) is 88.8 Å². The SMILES string of the molecule is O=C(Nc1nc2ccccc2nc1N1CCCC1)c1ccc(-n2cccn2)nc1.